The Labute approximate surface area is 104 Å². The lowest BCUT2D eigenvalue weighted by atomic mass is 10.1. The number of rotatable bonds is 5. The van der Waals surface area contributed by atoms with E-state index in [-0.39, 0.29) is 17.6 Å². The third-order valence-electron chi connectivity index (χ3n) is 2.77. The Morgan fingerprint density at radius 1 is 1.67 bits per heavy atom. The minimum atomic E-state index is -0.411. The summed E-state index contributed by atoms with van der Waals surface area (Å²) >= 11 is 0. The van der Waals surface area contributed by atoms with E-state index in [1.165, 1.54) is 6.07 Å². The molecule has 0 amide bonds. The molecule has 18 heavy (non-hydrogen) atoms. The van der Waals surface area contributed by atoms with Gasteiger partial charge >= 0.3 is 0 Å². The number of nitro groups is 1. The van der Waals surface area contributed by atoms with Crippen molar-refractivity contribution in [2.45, 2.75) is 26.4 Å². The number of hydrogen-bond acceptors (Lipinski definition) is 5. The van der Waals surface area contributed by atoms with Crippen molar-refractivity contribution >= 4 is 11.5 Å². The van der Waals surface area contributed by atoms with Gasteiger partial charge in [0.2, 0.25) is 0 Å². The molecule has 0 fully saturated rings. The number of nitrogens with zero attached hydrogens (tertiary/aromatic N) is 2. The second-order valence-electron chi connectivity index (χ2n) is 3.95. The van der Waals surface area contributed by atoms with Crippen molar-refractivity contribution in [3.8, 4) is 0 Å². The molecule has 0 aliphatic rings. The predicted molar refractivity (Wildman–Crippen MR) is 67.5 cm³/mol. The Bertz CT molecular complexity index is 473. The number of nitrogens with one attached hydrogen (secondary N) is 1. The van der Waals surface area contributed by atoms with Crippen molar-refractivity contribution in [3.05, 3.63) is 39.4 Å². The van der Waals surface area contributed by atoms with Gasteiger partial charge in [0.1, 0.15) is 0 Å². The minimum Gasteiger partial charge on any atom is -0.409 e. The van der Waals surface area contributed by atoms with Crippen LogP contribution in [0.1, 0.15) is 18.1 Å². The van der Waals surface area contributed by atoms with E-state index in [1.54, 1.807) is 26.0 Å². The molecule has 0 radical (unpaired) electrons. The van der Waals surface area contributed by atoms with Crippen molar-refractivity contribution in [2.75, 3.05) is 0 Å². The van der Waals surface area contributed by atoms with Crippen LogP contribution in [0.15, 0.2) is 23.4 Å². The Morgan fingerprint density at radius 2 is 2.33 bits per heavy atom. The first-order valence-corrected chi connectivity index (χ1v) is 5.41. The molecule has 0 aliphatic heterocycles. The summed E-state index contributed by atoms with van der Waals surface area (Å²) in [5, 5.41) is 25.2. The summed E-state index contributed by atoms with van der Waals surface area (Å²) in [4.78, 5) is 10.4. The number of amidine groups is 1. The average molecular weight is 252 g/mol. The van der Waals surface area contributed by atoms with E-state index in [9.17, 15) is 10.1 Å². The molecule has 7 nitrogen and oxygen atoms in total. The van der Waals surface area contributed by atoms with Gasteiger partial charge in [-0.05, 0) is 19.4 Å². The molecule has 0 aromatic heterocycles. The number of nitrogens with two attached hydrogens (primary N) is 1. The highest BCUT2D eigenvalue weighted by atomic mass is 16.6. The van der Waals surface area contributed by atoms with Gasteiger partial charge in [-0.2, -0.15) is 0 Å². The maximum atomic E-state index is 10.8. The first-order valence-electron chi connectivity index (χ1n) is 5.41. The average Bonchev–Trinajstić information content (AvgIpc) is 2.35. The van der Waals surface area contributed by atoms with Gasteiger partial charge < -0.3 is 16.3 Å². The van der Waals surface area contributed by atoms with E-state index in [4.69, 9.17) is 10.9 Å². The van der Waals surface area contributed by atoms with Crippen LogP contribution in [0, 0.1) is 17.0 Å². The fraction of sp³-hybridized carbons (Fsp3) is 0.364. The van der Waals surface area contributed by atoms with E-state index < -0.39 is 4.92 Å². The zero-order valence-corrected chi connectivity index (χ0v) is 10.3. The summed E-state index contributed by atoms with van der Waals surface area (Å²) in [6.07, 6.45) is 0. The molecule has 0 saturated heterocycles. The maximum Gasteiger partial charge on any atom is 0.272 e. The smallest absolute Gasteiger partial charge is 0.272 e. The fourth-order valence-electron chi connectivity index (χ4n) is 1.51. The lowest BCUT2D eigenvalue weighted by Gasteiger charge is -2.13. The Balaban J connectivity index is 2.80. The van der Waals surface area contributed by atoms with Gasteiger partial charge in [-0.3, -0.25) is 10.1 Å². The Kier molecular flexibility index (Phi) is 4.61. The Hall–Kier alpha value is -2.15. The molecular weight excluding hydrogens is 236 g/mol. The SMILES string of the molecule is Cc1c(CNC(C)/C(N)=N/O)cccc1[N+](=O)[O-]. The summed E-state index contributed by atoms with van der Waals surface area (Å²) in [6, 6.07) is 4.59. The number of nitro benzene ring substituents is 1. The number of oxime groups is 1. The van der Waals surface area contributed by atoms with Crippen molar-refractivity contribution in [2.24, 2.45) is 10.9 Å². The largest absolute Gasteiger partial charge is 0.409 e. The second-order valence-corrected chi connectivity index (χ2v) is 3.95. The molecule has 0 saturated carbocycles. The van der Waals surface area contributed by atoms with Crippen molar-refractivity contribution in [1.82, 2.24) is 5.32 Å². The van der Waals surface area contributed by atoms with Gasteiger partial charge in [0.15, 0.2) is 5.84 Å². The maximum absolute atomic E-state index is 10.8. The number of benzene rings is 1. The van der Waals surface area contributed by atoms with E-state index in [0.717, 1.165) is 5.56 Å². The summed E-state index contributed by atoms with van der Waals surface area (Å²) < 4.78 is 0. The van der Waals surface area contributed by atoms with E-state index >= 15 is 0 Å². The van der Waals surface area contributed by atoms with Gasteiger partial charge in [-0.1, -0.05) is 17.3 Å². The van der Waals surface area contributed by atoms with Crippen LogP contribution < -0.4 is 11.1 Å². The summed E-state index contributed by atoms with van der Waals surface area (Å²) in [5.41, 5.74) is 6.93. The van der Waals surface area contributed by atoms with Crippen molar-refractivity contribution in [1.29, 1.82) is 0 Å². The quantitative estimate of drug-likeness (QED) is 0.239. The summed E-state index contributed by atoms with van der Waals surface area (Å²) in [7, 11) is 0. The van der Waals surface area contributed by atoms with E-state index in [0.29, 0.717) is 12.1 Å². The molecule has 0 heterocycles. The zero-order chi connectivity index (χ0) is 13.7. The molecular formula is C11H16N4O3. The molecule has 1 aromatic rings. The lowest BCUT2D eigenvalue weighted by Crippen LogP contribution is -2.38. The van der Waals surface area contributed by atoms with Crippen molar-refractivity contribution in [3.63, 3.8) is 0 Å². The highest BCUT2D eigenvalue weighted by Crippen LogP contribution is 2.20. The first-order chi connectivity index (χ1) is 8.47. The number of hydrogen-bond donors (Lipinski definition) is 3. The van der Waals surface area contributed by atoms with Gasteiger partial charge in [-0.15, -0.1) is 0 Å². The zero-order valence-electron chi connectivity index (χ0n) is 10.3. The molecule has 1 rings (SSSR count). The van der Waals surface area contributed by atoms with Crippen LogP contribution in [-0.2, 0) is 6.54 Å². The predicted octanol–water partition coefficient (Wildman–Crippen LogP) is 1.13. The van der Waals surface area contributed by atoms with Crippen LogP contribution in [0.25, 0.3) is 0 Å². The standard InChI is InChI=1S/C11H16N4O3/c1-7-9(4-3-5-10(7)15(17)18)6-13-8(2)11(12)14-16/h3-5,8,13,16H,6H2,1-2H3,(H2,12,14). The van der Waals surface area contributed by atoms with Crippen LogP contribution in [0.3, 0.4) is 0 Å². The summed E-state index contributed by atoms with van der Waals surface area (Å²) in [5.74, 6) is 0.0677. The highest BCUT2D eigenvalue weighted by molar-refractivity contribution is 5.84. The molecule has 98 valence electrons. The minimum absolute atomic E-state index is 0.0677. The molecule has 0 aliphatic carbocycles. The van der Waals surface area contributed by atoms with E-state index in [1.807, 2.05) is 0 Å². The monoisotopic (exact) mass is 252 g/mol. The normalized spacial score (nSPS) is 13.3. The van der Waals surface area contributed by atoms with Crippen LogP contribution in [0.4, 0.5) is 5.69 Å². The van der Waals surface area contributed by atoms with Crippen LogP contribution in [-0.4, -0.2) is 22.0 Å². The van der Waals surface area contributed by atoms with Gasteiger partial charge in [-0.25, -0.2) is 0 Å². The van der Waals surface area contributed by atoms with Crippen molar-refractivity contribution < 1.29 is 10.1 Å². The van der Waals surface area contributed by atoms with Gasteiger partial charge in [0.25, 0.3) is 5.69 Å². The lowest BCUT2D eigenvalue weighted by molar-refractivity contribution is -0.385. The summed E-state index contributed by atoms with van der Waals surface area (Å²) in [6.45, 7) is 3.84. The fourth-order valence-corrected chi connectivity index (χ4v) is 1.51. The van der Waals surface area contributed by atoms with E-state index in [2.05, 4.69) is 10.5 Å². The third kappa shape index (κ3) is 3.17. The second kappa shape index (κ2) is 5.97. The van der Waals surface area contributed by atoms with Gasteiger partial charge in [0, 0.05) is 18.2 Å². The first kappa shape index (κ1) is 13.9. The highest BCUT2D eigenvalue weighted by Gasteiger charge is 2.14. The molecule has 0 bridgehead atoms. The third-order valence-corrected chi connectivity index (χ3v) is 2.77. The molecule has 4 N–H and O–H groups in total. The van der Waals surface area contributed by atoms with Gasteiger partial charge in [0.05, 0.1) is 11.0 Å². The molecule has 1 aromatic carbocycles. The molecule has 7 heteroatoms. The Morgan fingerprint density at radius 3 is 2.89 bits per heavy atom. The van der Waals surface area contributed by atoms with Crippen LogP contribution >= 0.6 is 0 Å². The molecule has 0 spiro atoms. The molecule has 1 atom stereocenters. The van der Waals surface area contributed by atoms with Crippen LogP contribution in [0.5, 0.6) is 0 Å². The topological polar surface area (TPSA) is 114 Å². The van der Waals surface area contributed by atoms with Crippen LogP contribution in [0.2, 0.25) is 0 Å². The molecule has 1 unspecified atom stereocenters.